The topological polar surface area (TPSA) is 43.2 Å². The molecule has 1 unspecified atom stereocenters. The molecule has 3 rings (SSSR count). The Balaban J connectivity index is 1.92. The van der Waals surface area contributed by atoms with E-state index in [1.54, 1.807) is 12.1 Å². The zero-order valence-corrected chi connectivity index (χ0v) is 19.3. The number of alkyl halides is 2. The molecule has 170 valence electrons. The minimum absolute atomic E-state index is 0.0410. The Morgan fingerprint density at radius 3 is 2.56 bits per heavy atom. The van der Waals surface area contributed by atoms with Gasteiger partial charge in [0.05, 0.1) is 17.6 Å². The molecule has 0 bridgehead atoms. The molecule has 1 aliphatic carbocycles. The van der Waals surface area contributed by atoms with Crippen molar-refractivity contribution in [3.63, 3.8) is 0 Å². The molecule has 0 fully saturated rings. The lowest BCUT2D eigenvalue weighted by Crippen LogP contribution is -2.26. The van der Waals surface area contributed by atoms with Crippen LogP contribution in [0.25, 0.3) is 5.57 Å². The zero-order valence-electron chi connectivity index (χ0n) is 19.3. The number of rotatable bonds is 7. The van der Waals surface area contributed by atoms with Gasteiger partial charge >= 0.3 is 6.29 Å². The van der Waals surface area contributed by atoms with Crippen molar-refractivity contribution in [1.29, 1.82) is 0 Å². The predicted octanol–water partition coefficient (Wildman–Crippen LogP) is 7.15. The second-order valence-electron chi connectivity index (χ2n) is 7.80. The molecule has 0 spiro atoms. The normalized spacial score (nSPS) is 20.7. The van der Waals surface area contributed by atoms with E-state index >= 15 is 0 Å². The summed E-state index contributed by atoms with van der Waals surface area (Å²) in [6.07, 6.45) is 7.85. The van der Waals surface area contributed by atoms with Crippen LogP contribution >= 0.6 is 0 Å². The van der Waals surface area contributed by atoms with Crippen LogP contribution in [0.15, 0.2) is 69.3 Å². The van der Waals surface area contributed by atoms with E-state index in [0.717, 1.165) is 35.4 Å². The predicted molar refractivity (Wildman–Crippen MR) is 127 cm³/mol. The van der Waals surface area contributed by atoms with E-state index in [9.17, 15) is 8.78 Å². The van der Waals surface area contributed by atoms with Gasteiger partial charge in [-0.25, -0.2) is 0 Å². The first-order valence-corrected chi connectivity index (χ1v) is 11.0. The van der Waals surface area contributed by atoms with Crippen molar-refractivity contribution in [2.24, 2.45) is 15.9 Å². The van der Waals surface area contributed by atoms with E-state index in [1.807, 2.05) is 31.4 Å². The Labute approximate surface area is 188 Å². The summed E-state index contributed by atoms with van der Waals surface area (Å²) in [5, 5.41) is 0. The monoisotopic (exact) mass is 440 g/mol. The minimum atomic E-state index is -3.65. The number of fused-ring (bicyclic) bond motifs is 1. The van der Waals surface area contributed by atoms with E-state index in [2.05, 4.69) is 43.5 Å². The lowest BCUT2D eigenvalue weighted by Gasteiger charge is -2.09. The van der Waals surface area contributed by atoms with Gasteiger partial charge in [0, 0.05) is 12.1 Å². The molecule has 2 aliphatic rings. The maximum absolute atomic E-state index is 13.6. The quantitative estimate of drug-likeness (QED) is 0.423. The number of allylic oxidation sites excluding steroid dienone is 7. The molecule has 1 atom stereocenters. The highest BCUT2D eigenvalue weighted by Gasteiger charge is 2.44. The maximum Gasteiger partial charge on any atom is 0.586 e. The van der Waals surface area contributed by atoms with E-state index in [-0.39, 0.29) is 17.4 Å². The van der Waals surface area contributed by atoms with Crippen molar-refractivity contribution in [2.45, 2.75) is 53.8 Å². The fraction of sp³-hybridized carbons (Fsp3) is 0.385. The van der Waals surface area contributed by atoms with E-state index in [1.165, 1.54) is 11.6 Å². The summed E-state index contributed by atoms with van der Waals surface area (Å²) in [6, 6.07) is 4.92. The van der Waals surface area contributed by atoms with Crippen LogP contribution in [0, 0.1) is 5.92 Å². The van der Waals surface area contributed by atoms with E-state index in [0.29, 0.717) is 12.1 Å². The van der Waals surface area contributed by atoms with Crippen LogP contribution < -0.4 is 9.47 Å². The zero-order chi connectivity index (χ0) is 23.3. The van der Waals surface area contributed by atoms with Gasteiger partial charge in [0.1, 0.15) is 0 Å². The van der Waals surface area contributed by atoms with E-state index < -0.39 is 6.29 Å². The molecule has 1 aromatic carbocycles. The number of aliphatic imine (C=N–C) groups is 2. The Morgan fingerprint density at radius 2 is 1.88 bits per heavy atom. The number of halogens is 2. The number of hydrogen-bond acceptors (Lipinski definition) is 4. The Morgan fingerprint density at radius 1 is 1.09 bits per heavy atom. The highest BCUT2D eigenvalue weighted by molar-refractivity contribution is 6.38. The van der Waals surface area contributed by atoms with Crippen molar-refractivity contribution >= 4 is 17.5 Å². The second kappa shape index (κ2) is 10.1. The molecule has 0 radical (unpaired) electrons. The molecule has 1 heterocycles. The van der Waals surface area contributed by atoms with Crippen LogP contribution in [-0.2, 0) is 0 Å². The van der Waals surface area contributed by atoms with Crippen molar-refractivity contribution in [2.75, 3.05) is 6.54 Å². The van der Waals surface area contributed by atoms with Gasteiger partial charge in [-0.15, -0.1) is 8.78 Å². The molecule has 1 aliphatic heterocycles. The Kier molecular flexibility index (Phi) is 7.44. The van der Waals surface area contributed by atoms with Crippen molar-refractivity contribution in [3.05, 3.63) is 64.9 Å². The van der Waals surface area contributed by atoms with Gasteiger partial charge < -0.3 is 9.47 Å². The van der Waals surface area contributed by atoms with Crippen molar-refractivity contribution in [1.82, 2.24) is 0 Å². The molecule has 4 nitrogen and oxygen atoms in total. The summed E-state index contributed by atoms with van der Waals surface area (Å²) in [5.41, 5.74) is 5.45. The van der Waals surface area contributed by atoms with Crippen LogP contribution in [-0.4, -0.2) is 24.8 Å². The van der Waals surface area contributed by atoms with E-state index in [4.69, 9.17) is 9.73 Å². The van der Waals surface area contributed by atoms with Crippen LogP contribution in [0.5, 0.6) is 11.5 Å². The number of para-hydroxylation sites is 1. The number of nitrogens with zero attached hydrogens (tertiary/aromatic N) is 2. The van der Waals surface area contributed by atoms with Gasteiger partial charge in [-0.3, -0.25) is 9.98 Å². The molecular formula is C26H30F2N2O2. The average Bonchev–Trinajstić information content (AvgIpc) is 2.96. The third kappa shape index (κ3) is 5.42. The molecule has 0 amide bonds. The fourth-order valence-electron chi connectivity index (χ4n) is 3.53. The molecule has 0 aromatic heterocycles. The maximum atomic E-state index is 13.6. The van der Waals surface area contributed by atoms with Crippen LogP contribution in [0.3, 0.4) is 0 Å². The molecule has 0 N–H and O–H groups in total. The first kappa shape index (κ1) is 23.6. The van der Waals surface area contributed by atoms with Crippen LogP contribution in [0.2, 0.25) is 0 Å². The van der Waals surface area contributed by atoms with Gasteiger partial charge in [-0.05, 0) is 62.8 Å². The molecule has 0 saturated heterocycles. The number of benzene rings is 1. The third-order valence-electron chi connectivity index (χ3n) is 5.64. The lowest BCUT2D eigenvalue weighted by atomic mass is 9.98. The highest BCUT2D eigenvalue weighted by Crippen LogP contribution is 2.46. The summed E-state index contributed by atoms with van der Waals surface area (Å²) in [4.78, 5) is 9.30. The summed E-state index contributed by atoms with van der Waals surface area (Å²) in [6.45, 7) is 11.1. The molecule has 0 saturated carbocycles. The Hall–Kier alpha value is -3.02. The van der Waals surface area contributed by atoms with Gasteiger partial charge in [-0.2, -0.15) is 0 Å². The molecular weight excluding hydrogens is 410 g/mol. The standard InChI is InChI=1S/C26H30F2N2O2/c1-6-17(4)18(5)23(29-8-3)16-30-21-13-12-20(14-19(7-2)15-21)22-10-9-11-24-25(22)32-26(27,28)31-24/h9-16,19H,6-8H2,1-5H3. The summed E-state index contributed by atoms with van der Waals surface area (Å²) < 4.78 is 36.7. The first-order valence-electron chi connectivity index (χ1n) is 11.0. The van der Waals surface area contributed by atoms with Crippen LogP contribution in [0.4, 0.5) is 8.78 Å². The summed E-state index contributed by atoms with van der Waals surface area (Å²) in [7, 11) is 0. The molecule has 6 heteroatoms. The van der Waals surface area contributed by atoms with Gasteiger partial charge in [0.25, 0.3) is 0 Å². The largest absolute Gasteiger partial charge is 0.586 e. The minimum Gasteiger partial charge on any atom is -0.395 e. The summed E-state index contributed by atoms with van der Waals surface area (Å²) in [5.74, 6) is 0.189. The van der Waals surface area contributed by atoms with Crippen LogP contribution in [0.1, 0.15) is 53.0 Å². The lowest BCUT2D eigenvalue weighted by molar-refractivity contribution is -0.286. The average molecular weight is 441 g/mol. The SMILES string of the molecule is CCN=C(C=NC1=CC(CC)C=C(c2cccc3c2OC(F)(F)O3)C=C1)C(C)=C(C)CC. The molecule has 1 aromatic rings. The highest BCUT2D eigenvalue weighted by atomic mass is 19.3. The Bertz CT molecular complexity index is 1050. The third-order valence-corrected chi connectivity index (χ3v) is 5.64. The van der Waals surface area contributed by atoms with Gasteiger partial charge in [-0.1, -0.05) is 49.8 Å². The second-order valence-corrected chi connectivity index (χ2v) is 7.80. The number of ether oxygens (including phenoxy) is 2. The van der Waals surface area contributed by atoms with Crippen molar-refractivity contribution in [3.8, 4) is 11.5 Å². The fourth-order valence-corrected chi connectivity index (χ4v) is 3.53. The van der Waals surface area contributed by atoms with Crippen molar-refractivity contribution < 1.29 is 18.3 Å². The summed E-state index contributed by atoms with van der Waals surface area (Å²) >= 11 is 0. The smallest absolute Gasteiger partial charge is 0.395 e. The van der Waals surface area contributed by atoms with Gasteiger partial charge in [0.2, 0.25) is 0 Å². The van der Waals surface area contributed by atoms with Gasteiger partial charge in [0.15, 0.2) is 11.5 Å². The molecule has 32 heavy (non-hydrogen) atoms. The first-order chi connectivity index (χ1) is 15.3. The number of hydrogen-bond donors (Lipinski definition) is 0.